The molecule has 106 valence electrons. The fourth-order valence-corrected chi connectivity index (χ4v) is 1.54. The van der Waals surface area contributed by atoms with Crippen molar-refractivity contribution in [2.45, 2.75) is 58.3 Å². The molecule has 0 aliphatic carbocycles. The lowest BCUT2D eigenvalue weighted by Crippen LogP contribution is -2.07. The van der Waals surface area contributed by atoms with Crippen LogP contribution in [0.5, 0.6) is 0 Å². The van der Waals surface area contributed by atoms with E-state index in [2.05, 4.69) is 11.7 Å². The van der Waals surface area contributed by atoms with Gasteiger partial charge in [0.25, 0.3) is 5.83 Å². The smallest absolute Gasteiger partial charge is 0.372 e. The zero-order valence-corrected chi connectivity index (χ0v) is 10.8. The van der Waals surface area contributed by atoms with Crippen LogP contribution >= 0.6 is 0 Å². The standard InChI is InChI=1S/C13H21F3O2/c1-2-3-4-5-6-7-8-9-10-18-13(17)11(14)12(15)16/h2-10H2,1H3. The van der Waals surface area contributed by atoms with E-state index in [1.165, 1.54) is 25.7 Å². The van der Waals surface area contributed by atoms with Crippen LogP contribution in [0.1, 0.15) is 58.3 Å². The van der Waals surface area contributed by atoms with Crippen molar-refractivity contribution in [3.8, 4) is 0 Å². The average molecular weight is 266 g/mol. The first-order valence-corrected chi connectivity index (χ1v) is 6.47. The molecule has 0 aromatic rings. The minimum absolute atomic E-state index is 0.00546. The van der Waals surface area contributed by atoms with Gasteiger partial charge in [-0.15, -0.1) is 0 Å². The quantitative estimate of drug-likeness (QED) is 0.324. The molecule has 0 aromatic carbocycles. The Morgan fingerprint density at radius 2 is 1.39 bits per heavy atom. The van der Waals surface area contributed by atoms with Crippen LogP contribution in [0, 0.1) is 0 Å². The lowest BCUT2D eigenvalue weighted by Gasteiger charge is -2.03. The molecule has 0 unspecified atom stereocenters. The number of hydrogen-bond donors (Lipinski definition) is 0. The van der Waals surface area contributed by atoms with Crippen molar-refractivity contribution >= 4 is 5.97 Å². The van der Waals surface area contributed by atoms with Crippen molar-refractivity contribution in [1.82, 2.24) is 0 Å². The number of halogens is 3. The predicted octanol–water partition coefficient (Wildman–Crippen LogP) is 4.75. The van der Waals surface area contributed by atoms with Gasteiger partial charge in [-0.2, -0.15) is 13.2 Å². The van der Waals surface area contributed by atoms with Crippen LogP contribution in [0.2, 0.25) is 0 Å². The summed E-state index contributed by atoms with van der Waals surface area (Å²) < 4.78 is 40.0. The van der Waals surface area contributed by atoms with Gasteiger partial charge in [-0.1, -0.05) is 51.9 Å². The summed E-state index contributed by atoms with van der Waals surface area (Å²) in [4.78, 5) is 10.7. The van der Waals surface area contributed by atoms with Gasteiger partial charge in [-0.3, -0.25) is 0 Å². The zero-order valence-electron chi connectivity index (χ0n) is 10.8. The summed E-state index contributed by atoms with van der Waals surface area (Å²) in [6.45, 7) is 2.15. The molecule has 0 saturated heterocycles. The third kappa shape index (κ3) is 9.07. The summed E-state index contributed by atoms with van der Waals surface area (Å²) in [5.74, 6) is -3.66. The summed E-state index contributed by atoms with van der Waals surface area (Å²) in [7, 11) is 0. The Hall–Kier alpha value is -1.00. The Morgan fingerprint density at radius 3 is 1.89 bits per heavy atom. The van der Waals surface area contributed by atoms with Crippen LogP contribution < -0.4 is 0 Å². The summed E-state index contributed by atoms with van der Waals surface area (Å²) in [6.07, 6.45) is 5.85. The molecule has 0 aromatic heterocycles. The highest BCUT2D eigenvalue weighted by Crippen LogP contribution is 2.12. The zero-order chi connectivity index (χ0) is 13.8. The molecule has 5 heteroatoms. The molecule has 0 spiro atoms. The third-order valence-electron chi connectivity index (χ3n) is 2.58. The van der Waals surface area contributed by atoms with Gasteiger partial charge in [0.05, 0.1) is 6.61 Å². The van der Waals surface area contributed by atoms with Gasteiger partial charge in [0, 0.05) is 0 Å². The van der Waals surface area contributed by atoms with E-state index in [-0.39, 0.29) is 6.61 Å². The normalized spacial score (nSPS) is 10.2. The second-order valence-electron chi connectivity index (χ2n) is 4.19. The topological polar surface area (TPSA) is 26.3 Å². The summed E-state index contributed by atoms with van der Waals surface area (Å²) >= 11 is 0. The molecule has 2 nitrogen and oxygen atoms in total. The van der Waals surface area contributed by atoms with Crippen molar-refractivity contribution in [2.24, 2.45) is 0 Å². The second-order valence-corrected chi connectivity index (χ2v) is 4.19. The molecule has 0 rings (SSSR count). The van der Waals surface area contributed by atoms with Crippen molar-refractivity contribution in [3.05, 3.63) is 11.9 Å². The Morgan fingerprint density at radius 1 is 0.889 bits per heavy atom. The van der Waals surface area contributed by atoms with E-state index in [0.717, 1.165) is 19.3 Å². The number of hydrogen-bond acceptors (Lipinski definition) is 2. The molecule has 0 fully saturated rings. The molecule has 0 N–H and O–H groups in total. The number of ether oxygens (including phenoxy) is 1. The molecule has 0 saturated carbocycles. The van der Waals surface area contributed by atoms with Crippen molar-refractivity contribution < 1.29 is 22.7 Å². The maximum atomic E-state index is 12.3. The molecule has 18 heavy (non-hydrogen) atoms. The van der Waals surface area contributed by atoms with Crippen LogP contribution in [0.15, 0.2) is 11.9 Å². The molecule has 0 radical (unpaired) electrons. The van der Waals surface area contributed by atoms with E-state index >= 15 is 0 Å². The van der Waals surface area contributed by atoms with Crippen LogP contribution in [-0.2, 0) is 9.53 Å². The number of carbonyl (C=O) groups is 1. The summed E-state index contributed by atoms with van der Waals surface area (Å²) in [5.41, 5.74) is 0. The van der Waals surface area contributed by atoms with Gasteiger partial charge in [0.2, 0.25) is 0 Å². The minimum Gasteiger partial charge on any atom is -0.460 e. The molecule has 0 aliphatic heterocycles. The lowest BCUT2D eigenvalue weighted by atomic mass is 10.1. The van der Waals surface area contributed by atoms with Crippen molar-refractivity contribution in [3.63, 3.8) is 0 Å². The van der Waals surface area contributed by atoms with E-state index in [0.29, 0.717) is 6.42 Å². The van der Waals surface area contributed by atoms with E-state index < -0.39 is 17.9 Å². The fourth-order valence-electron chi connectivity index (χ4n) is 1.54. The molecule has 0 bridgehead atoms. The first kappa shape index (κ1) is 17.0. The SMILES string of the molecule is CCCCCCCCCCOC(=O)C(F)=C(F)F. The molecular formula is C13H21F3O2. The van der Waals surface area contributed by atoms with E-state index in [9.17, 15) is 18.0 Å². The van der Waals surface area contributed by atoms with Crippen LogP contribution in [0.3, 0.4) is 0 Å². The van der Waals surface area contributed by atoms with Gasteiger partial charge in [-0.05, 0) is 6.42 Å². The number of carbonyl (C=O) groups excluding carboxylic acids is 1. The average Bonchev–Trinajstić information content (AvgIpc) is 2.35. The Labute approximate surface area is 106 Å². The lowest BCUT2D eigenvalue weighted by molar-refractivity contribution is -0.141. The van der Waals surface area contributed by atoms with Gasteiger partial charge < -0.3 is 4.74 Å². The van der Waals surface area contributed by atoms with Gasteiger partial charge in [-0.25, -0.2) is 4.79 Å². The van der Waals surface area contributed by atoms with Gasteiger partial charge in [0.1, 0.15) is 0 Å². The Balaban J connectivity index is 3.36. The highest BCUT2D eigenvalue weighted by molar-refractivity contribution is 5.86. The molecule has 0 atom stereocenters. The fraction of sp³-hybridized carbons (Fsp3) is 0.769. The molecule has 0 amide bonds. The number of esters is 1. The second kappa shape index (κ2) is 11.1. The molecule has 0 aliphatic rings. The predicted molar refractivity (Wildman–Crippen MR) is 63.9 cm³/mol. The van der Waals surface area contributed by atoms with Gasteiger partial charge >= 0.3 is 12.0 Å². The first-order chi connectivity index (χ1) is 8.59. The first-order valence-electron chi connectivity index (χ1n) is 6.47. The minimum atomic E-state index is -2.63. The summed E-state index contributed by atoms with van der Waals surface area (Å²) in [6, 6.07) is 0. The highest BCUT2D eigenvalue weighted by atomic mass is 19.3. The van der Waals surface area contributed by atoms with Crippen molar-refractivity contribution in [2.75, 3.05) is 6.61 Å². The van der Waals surface area contributed by atoms with Crippen LogP contribution in [0.4, 0.5) is 13.2 Å². The van der Waals surface area contributed by atoms with Crippen molar-refractivity contribution in [1.29, 1.82) is 0 Å². The molecular weight excluding hydrogens is 245 g/mol. The molecule has 0 heterocycles. The van der Waals surface area contributed by atoms with Gasteiger partial charge in [0.15, 0.2) is 0 Å². The number of rotatable bonds is 10. The maximum absolute atomic E-state index is 12.3. The van der Waals surface area contributed by atoms with Crippen LogP contribution in [0.25, 0.3) is 0 Å². The maximum Gasteiger partial charge on any atom is 0.372 e. The van der Waals surface area contributed by atoms with E-state index in [4.69, 9.17) is 0 Å². The Bertz CT molecular complexity index is 261. The monoisotopic (exact) mass is 266 g/mol. The number of unbranched alkanes of at least 4 members (excludes halogenated alkanes) is 7. The van der Waals surface area contributed by atoms with Crippen LogP contribution in [-0.4, -0.2) is 12.6 Å². The third-order valence-corrected chi connectivity index (χ3v) is 2.58. The highest BCUT2D eigenvalue weighted by Gasteiger charge is 2.16. The largest absolute Gasteiger partial charge is 0.460 e. The summed E-state index contributed by atoms with van der Waals surface area (Å²) in [5, 5.41) is 0. The van der Waals surface area contributed by atoms with E-state index in [1.54, 1.807) is 0 Å². The Kier molecular flexibility index (Phi) is 10.5. The van der Waals surface area contributed by atoms with E-state index in [1.807, 2.05) is 0 Å².